The molecule has 184 valence electrons. The van der Waals surface area contributed by atoms with E-state index in [0.717, 1.165) is 6.42 Å². The van der Waals surface area contributed by atoms with E-state index in [1.807, 2.05) is 13.8 Å². The zero-order chi connectivity index (χ0) is 23.6. The number of nitrogens with one attached hydrogen (secondary N) is 1. The minimum Gasteiger partial charge on any atom is -0.497 e. The molecule has 0 radical (unpaired) electrons. The average molecular weight is 483 g/mol. The molecule has 10 heteroatoms. The average Bonchev–Trinajstić information content (AvgIpc) is 3.32. The number of carbonyl (C=O) groups is 1. The molecule has 1 saturated carbocycles. The summed E-state index contributed by atoms with van der Waals surface area (Å²) in [5, 5.41) is 2.78. The highest BCUT2D eigenvalue weighted by Crippen LogP contribution is 2.49. The van der Waals surface area contributed by atoms with Gasteiger partial charge in [0.1, 0.15) is 11.9 Å². The van der Waals surface area contributed by atoms with Crippen molar-refractivity contribution < 1.29 is 32.2 Å². The summed E-state index contributed by atoms with van der Waals surface area (Å²) in [5.74, 6) is 1.50. The van der Waals surface area contributed by atoms with Gasteiger partial charge in [0.2, 0.25) is 10.0 Å². The fraction of sp³-hybridized carbons (Fsp3) is 0.696. The van der Waals surface area contributed by atoms with Crippen molar-refractivity contribution >= 4 is 16.1 Å². The summed E-state index contributed by atoms with van der Waals surface area (Å²) < 4.78 is 50.0. The SMILES string of the molecule is COc1ccc(S(=O)(=O)N(CCCNC(=O)OC2C3COC4OCC2C4C3)CC(C)C)cc1. The number of alkyl carbamates (subject to hydrolysis) is 1. The number of sulfonamides is 1. The maximum atomic E-state index is 13.2. The summed E-state index contributed by atoms with van der Waals surface area (Å²) in [6, 6.07) is 6.38. The van der Waals surface area contributed by atoms with Gasteiger partial charge in [0, 0.05) is 37.4 Å². The highest BCUT2D eigenvalue weighted by molar-refractivity contribution is 7.89. The molecule has 0 spiro atoms. The molecule has 1 aliphatic carbocycles. The van der Waals surface area contributed by atoms with Gasteiger partial charge in [-0.25, -0.2) is 13.2 Å². The lowest BCUT2D eigenvalue weighted by molar-refractivity contribution is -0.169. The standard InChI is InChI=1S/C23H34N2O7S/c1-15(2)12-25(33(27,28)18-7-5-17(29-3)6-8-18)10-4-9-24-23(26)32-21-16-11-19-20(21)14-31-22(19)30-13-16/h5-8,15-16,19-22H,4,9-14H2,1-3H3,(H,24,26). The number of ether oxygens (including phenoxy) is 4. The van der Waals surface area contributed by atoms with Crippen LogP contribution in [0.15, 0.2) is 29.2 Å². The van der Waals surface area contributed by atoms with Crippen LogP contribution in [0, 0.1) is 23.7 Å². The molecule has 1 aromatic carbocycles. The van der Waals surface area contributed by atoms with E-state index in [-0.39, 0.29) is 35.0 Å². The van der Waals surface area contributed by atoms with Crippen molar-refractivity contribution in [2.24, 2.45) is 23.7 Å². The van der Waals surface area contributed by atoms with Crippen LogP contribution < -0.4 is 10.1 Å². The molecule has 5 unspecified atom stereocenters. The van der Waals surface area contributed by atoms with E-state index in [4.69, 9.17) is 18.9 Å². The van der Waals surface area contributed by atoms with Gasteiger partial charge in [-0.1, -0.05) is 13.8 Å². The lowest BCUT2D eigenvalue weighted by atomic mass is 9.98. The third-order valence-corrected chi connectivity index (χ3v) is 8.53. The Morgan fingerprint density at radius 1 is 1.18 bits per heavy atom. The summed E-state index contributed by atoms with van der Waals surface area (Å²) >= 11 is 0. The second-order valence-electron chi connectivity index (χ2n) is 9.44. The van der Waals surface area contributed by atoms with E-state index in [1.165, 1.54) is 11.4 Å². The largest absolute Gasteiger partial charge is 0.497 e. The van der Waals surface area contributed by atoms with Crippen molar-refractivity contribution in [1.82, 2.24) is 9.62 Å². The Kier molecular flexibility index (Phi) is 7.47. The number of nitrogens with zero attached hydrogens (tertiary/aromatic N) is 1. The molecule has 1 amide bonds. The summed E-state index contributed by atoms with van der Waals surface area (Å²) in [7, 11) is -2.11. The number of hydrogen-bond donors (Lipinski definition) is 1. The number of amides is 1. The summed E-state index contributed by atoms with van der Waals surface area (Å²) in [5.41, 5.74) is 0. The van der Waals surface area contributed by atoms with Crippen molar-refractivity contribution in [2.75, 3.05) is 40.0 Å². The van der Waals surface area contributed by atoms with E-state index < -0.39 is 16.1 Å². The number of rotatable bonds is 10. The normalized spacial score (nSPS) is 28.3. The summed E-state index contributed by atoms with van der Waals surface area (Å²) in [4.78, 5) is 12.6. The molecule has 1 N–H and O–H groups in total. The monoisotopic (exact) mass is 482 g/mol. The number of hydrogen-bond acceptors (Lipinski definition) is 7. The van der Waals surface area contributed by atoms with Gasteiger partial charge in [-0.05, 0) is 43.0 Å². The lowest BCUT2D eigenvalue weighted by Gasteiger charge is -2.27. The van der Waals surface area contributed by atoms with Gasteiger partial charge in [0.05, 0.1) is 25.2 Å². The highest BCUT2D eigenvalue weighted by Gasteiger charge is 2.56. The maximum absolute atomic E-state index is 13.2. The second kappa shape index (κ2) is 10.2. The maximum Gasteiger partial charge on any atom is 0.407 e. The molecule has 2 heterocycles. The Hall–Kier alpha value is -1.88. The number of benzene rings is 1. The van der Waals surface area contributed by atoms with Crippen molar-refractivity contribution in [3.8, 4) is 5.75 Å². The highest BCUT2D eigenvalue weighted by atomic mass is 32.2. The smallest absolute Gasteiger partial charge is 0.407 e. The molecule has 2 saturated heterocycles. The molecule has 0 aromatic heterocycles. The quantitative estimate of drug-likeness (QED) is 0.511. The first-order valence-corrected chi connectivity index (χ1v) is 13.1. The summed E-state index contributed by atoms with van der Waals surface area (Å²) in [6.07, 6.45) is 0.647. The van der Waals surface area contributed by atoms with Crippen molar-refractivity contribution in [3.63, 3.8) is 0 Å². The van der Waals surface area contributed by atoms with Crippen LogP contribution in [-0.4, -0.2) is 71.2 Å². The Bertz CT molecular complexity index is 921. The Morgan fingerprint density at radius 2 is 1.91 bits per heavy atom. The van der Waals surface area contributed by atoms with Crippen molar-refractivity contribution in [1.29, 1.82) is 0 Å². The molecular formula is C23H34N2O7S. The van der Waals surface area contributed by atoms with Gasteiger partial charge < -0.3 is 24.3 Å². The lowest BCUT2D eigenvalue weighted by Crippen LogP contribution is -2.39. The Morgan fingerprint density at radius 3 is 2.61 bits per heavy atom. The molecule has 3 fully saturated rings. The fourth-order valence-electron chi connectivity index (χ4n) is 5.07. The van der Waals surface area contributed by atoms with Gasteiger partial charge in [-0.2, -0.15) is 4.31 Å². The first kappa shape index (κ1) is 24.3. The second-order valence-corrected chi connectivity index (χ2v) is 11.4. The third-order valence-electron chi connectivity index (χ3n) is 6.65. The predicted octanol–water partition coefficient (Wildman–Crippen LogP) is 2.47. The molecule has 1 aromatic rings. The van der Waals surface area contributed by atoms with E-state index in [2.05, 4.69) is 5.32 Å². The molecule has 5 atom stereocenters. The van der Waals surface area contributed by atoms with Gasteiger partial charge in [0.25, 0.3) is 0 Å². The van der Waals surface area contributed by atoms with Gasteiger partial charge >= 0.3 is 6.09 Å². The van der Waals surface area contributed by atoms with Crippen molar-refractivity contribution in [2.45, 2.75) is 44.0 Å². The van der Waals surface area contributed by atoms with Crippen LogP contribution >= 0.6 is 0 Å². The van der Waals surface area contributed by atoms with E-state index in [1.54, 1.807) is 24.3 Å². The molecular weight excluding hydrogens is 448 g/mol. The zero-order valence-corrected chi connectivity index (χ0v) is 20.3. The fourth-order valence-corrected chi connectivity index (χ4v) is 6.72. The predicted molar refractivity (Wildman–Crippen MR) is 120 cm³/mol. The van der Waals surface area contributed by atoms with Crippen LogP contribution in [0.2, 0.25) is 0 Å². The van der Waals surface area contributed by atoms with Crippen LogP contribution in [0.5, 0.6) is 5.75 Å². The van der Waals surface area contributed by atoms with Crippen LogP contribution in [0.25, 0.3) is 0 Å². The topological polar surface area (TPSA) is 103 Å². The Labute approximate surface area is 195 Å². The van der Waals surface area contributed by atoms with E-state index in [0.29, 0.717) is 50.9 Å². The van der Waals surface area contributed by atoms with Crippen molar-refractivity contribution in [3.05, 3.63) is 24.3 Å². The van der Waals surface area contributed by atoms with Crippen LogP contribution in [-0.2, 0) is 24.2 Å². The molecule has 33 heavy (non-hydrogen) atoms. The van der Waals surface area contributed by atoms with E-state index in [9.17, 15) is 13.2 Å². The number of fused-ring (bicyclic) bond motifs is 1. The Balaban J connectivity index is 1.28. The minimum absolute atomic E-state index is 0.150. The molecule has 3 aliphatic rings. The summed E-state index contributed by atoms with van der Waals surface area (Å²) in [6.45, 7) is 6.10. The van der Waals surface area contributed by atoms with Crippen LogP contribution in [0.1, 0.15) is 26.7 Å². The van der Waals surface area contributed by atoms with Crippen LogP contribution in [0.3, 0.4) is 0 Å². The minimum atomic E-state index is -3.65. The third kappa shape index (κ3) is 5.29. The van der Waals surface area contributed by atoms with E-state index >= 15 is 0 Å². The molecule has 2 aliphatic heterocycles. The molecule has 9 nitrogen and oxygen atoms in total. The molecule has 2 bridgehead atoms. The first-order valence-electron chi connectivity index (χ1n) is 11.6. The van der Waals surface area contributed by atoms with Gasteiger partial charge in [0.15, 0.2) is 6.29 Å². The first-order chi connectivity index (χ1) is 15.8. The van der Waals surface area contributed by atoms with Gasteiger partial charge in [-0.3, -0.25) is 0 Å². The van der Waals surface area contributed by atoms with Crippen LogP contribution in [0.4, 0.5) is 4.79 Å². The number of methoxy groups -OCH3 is 1. The van der Waals surface area contributed by atoms with Gasteiger partial charge in [-0.15, -0.1) is 0 Å². The number of carbonyl (C=O) groups excluding carboxylic acids is 1. The zero-order valence-electron chi connectivity index (χ0n) is 19.4. The molecule has 4 rings (SSSR count).